The molecule has 0 saturated heterocycles. The highest BCUT2D eigenvalue weighted by Crippen LogP contribution is 2.28. The maximum atomic E-state index is 12.4. The van der Waals surface area contributed by atoms with Gasteiger partial charge in [-0.2, -0.15) is 0 Å². The molecule has 0 fully saturated rings. The predicted molar refractivity (Wildman–Crippen MR) is 86.8 cm³/mol. The average molecular weight is 301 g/mol. The van der Waals surface area contributed by atoms with E-state index in [9.17, 15) is 14.7 Å². The van der Waals surface area contributed by atoms with Crippen LogP contribution in [0, 0.1) is 11.8 Å². The van der Waals surface area contributed by atoms with Gasteiger partial charge in [0.2, 0.25) is 5.91 Å². The topological polar surface area (TPSA) is 66.4 Å². The number of hydrogen-bond acceptors (Lipinski definition) is 2. The molecule has 2 atom stereocenters. The molecule has 22 heavy (non-hydrogen) atoms. The zero-order valence-corrected chi connectivity index (χ0v) is 13.3. The lowest BCUT2D eigenvalue weighted by Gasteiger charge is -2.24. The zero-order valence-electron chi connectivity index (χ0n) is 13.3. The van der Waals surface area contributed by atoms with Crippen molar-refractivity contribution < 1.29 is 14.7 Å². The van der Waals surface area contributed by atoms with Gasteiger partial charge in [0.15, 0.2) is 0 Å². The number of aliphatic carboxylic acids is 1. The van der Waals surface area contributed by atoms with E-state index < -0.39 is 17.8 Å². The van der Waals surface area contributed by atoms with Crippen molar-refractivity contribution in [3.05, 3.63) is 42.0 Å². The summed E-state index contributed by atoms with van der Waals surface area (Å²) in [6, 6.07) is 7.72. The summed E-state index contributed by atoms with van der Waals surface area (Å²) < 4.78 is 0. The lowest BCUT2D eigenvalue weighted by atomic mass is 9.82. The van der Waals surface area contributed by atoms with E-state index >= 15 is 0 Å². The number of carbonyl (C=O) groups is 2. The molecule has 2 N–H and O–H groups in total. The fraction of sp³-hybridized carbons (Fsp3) is 0.444. The van der Waals surface area contributed by atoms with E-state index in [4.69, 9.17) is 0 Å². The minimum absolute atomic E-state index is 0.0606. The molecule has 2 rings (SSSR count). The van der Waals surface area contributed by atoms with Crippen molar-refractivity contribution in [1.82, 2.24) is 0 Å². The Hall–Kier alpha value is -2.10. The van der Waals surface area contributed by atoms with Crippen LogP contribution in [0.3, 0.4) is 0 Å². The molecule has 4 heteroatoms. The third-order valence-corrected chi connectivity index (χ3v) is 4.10. The molecule has 1 aromatic carbocycles. The first-order valence-electron chi connectivity index (χ1n) is 7.58. The van der Waals surface area contributed by atoms with Crippen molar-refractivity contribution in [2.24, 2.45) is 11.8 Å². The summed E-state index contributed by atoms with van der Waals surface area (Å²) >= 11 is 0. The lowest BCUT2D eigenvalue weighted by molar-refractivity contribution is -0.146. The molecule has 1 amide bonds. The molecule has 0 radical (unpaired) electrons. The van der Waals surface area contributed by atoms with Gasteiger partial charge in [-0.05, 0) is 36.0 Å². The first kappa shape index (κ1) is 16.3. The van der Waals surface area contributed by atoms with Gasteiger partial charge in [-0.15, -0.1) is 0 Å². The smallest absolute Gasteiger partial charge is 0.307 e. The largest absolute Gasteiger partial charge is 0.481 e. The Labute approximate surface area is 131 Å². The molecule has 0 aliphatic heterocycles. The second-order valence-corrected chi connectivity index (χ2v) is 6.81. The van der Waals surface area contributed by atoms with Gasteiger partial charge in [-0.1, -0.05) is 45.1 Å². The highest BCUT2D eigenvalue weighted by atomic mass is 16.4. The number of amides is 1. The number of nitrogens with one attached hydrogen (secondary N) is 1. The molecule has 1 aromatic rings. The second kappa shape index (κ2) is 6.34. The van der Waals surface area contributed by atoms with Crippen molar-refractivity contribution in [1.29, 1.82) is 0 Å². The van der Waals surface area contributed by atoms with Gasteiger partial charge < -0.3 is 10.4 Å². The van der Waals surface area contributed by atoms with Crippen molar-refractivity contribution in [3.8, 4) is 0 Å². The number of hydrogen-bond donors (Lipinski definition) is 2. The van der Waals surface area contributed by atoms with Crippen LogP contribution in [-0.2, 0) is 15.0 Å². The van der Waals surface area contributed by atoms with Crippen LogP contribution in [0.1, 0.15) is 39.2 Å². The Bertz CT molecular complexity index is 581. The van der Waals surface area contributed by atoms with Gasteiger partial charge in [0.1, 0.15) is 0 Å². The number of carboxylic acids is 1. The van der Waals surface area contributed by atoms with Gasteiger partial charge in [-0.25, -0.2) is 0 Å². The standard InChI is InChI=1S/C18H23NO3/c1-18(2,3)12-8-10-13(11-9-12)19-16(20)14-6-4-5-7-15(14)17(21)22/h4-5,8-11,14-15H,6-7H2,1-3H3,(H,19,20)(H,21,22)/t14-,15-/m1/s1. The Morgan fingerprint density at radius 1 is 1.05 bits per heavy atom. The molecule has 0 saturated carbocycles. The number of carbonyl (C=O) groups excluding carboxylic acids is 1. The van der Waals surface area contributed by atoms with Crippen molar-refractivity contribution in [2.75, 3.05) is 5.32 Å². The van der Waals surface area contributed by atoms with E-state index in [2.05, 4.69) is 26.1 Å². The Morgan fingerprint density at radius 3 is 2.09 bits per heavy atom. The minimum atomic E-state index is -0.910. The number of allylic oxidation sites excluding steroid dienone is 2. The van der Waals surface area contributed by atoms with Crippen molar-refractivity contribution >= 4 is 17.6 Å². The summed E-state index contributed by atoms with van der Waals surface area (Å²) in [6.07, 6.45) is 4.60. The van der Waals surface area contributed by atoms with E-state index in [1.807, 2.05) is 36.4 Å². The summed E-state index contributed by atoms with van der Waals surface area (Å²) in [6.45, 7) is 6.39. The molecule has 0 bridgehead atoms. The third-order valence-electron chi connectivity index (χ3n) is 4.10. The summed E-state index contributed by atoms with van der Waals surface area (Å²) in [7, 11) is 0. The van der Waals surface area contributed by atoms with Gasteiger partial charge in [0.25, 0.3) is 0 Å². The predicted octanol–water partition coefficient (Wildman–Crippen LogP) is 3.59. The molecule has 1 aliphatic carbocycles. The Kier molecular flexibility index (Phi) is 4.69. The van der Waals surface area contributed by atoms with Gasteiger partial charge in [0.05, 0.1) is 11.8 Å². The first-order chi connectivity index (χ1) is 10.3. The molecule has 0 aromatic heterocycles. The van der Waals surface area contributed by atoms with E-state index in [1.165, 1.54) is 5.56 Å². The SMILES string of the molecule is CC(C)(C)c1ccc(NC(=O)[C@@H]2CC=CC[C@H]2C(=O)O)cc1. The summed E-state index contributed by atoms with van der Waals surface area (Å²) in [5.74, 6) is -2.28. The summed E-state index contributed by atoms with van der Waals surface area (Å²) in [5, 5.41) is 12.1. The first-order valence-corrected chi connectivity index (χ1v) is 7.58. The fourth-order valence-electron chi connectivity index (χ4n) is 2.67. The summed E-state index contributed by atoms with van der Waals surface area (Å²) in [4.78, 5) is 23.6. The van der Waals surface area contributed by atoms with Crippen LogP contribution in [-0.4, -0.2) is 17.0 Å². The second-order valence-electron chi connectivity index (χ2n) is 6.81. The van der Waals surface area contributed by atoms with Crippen LogP contribution in [0.4, 0.5) is 5.69 Å². The molecule has 0 heterocycles. The molecule has 4 nitrogen and oxygen atoms in total. The zero-order chi connectivity index (χ0) is 16.3. The minimum Gasteiger partial charge on any atom is -0.481 e. The highest BCUT2D eigenvalue weighted by Gasteiger charge is 2.33. The van der Waals surface area contributed by atoms with Crippen LogP contribution >= 0.6 is 0 Å². The van der Waals surface area contributed by atoms with E-state index in [0.29, 0.717) is 18.5 Å². The monoisotopic (exact) mass is 301 g/mol. The molecular weight excluding hydrogens is 278 g/mol. The molecule has 0 spiro atoms. The molecule has 1 aliphatic rings. The van der Waals surface area contributed by atoms with Gasteiger partial charge in [0, 0.05) is 5.69 Å². The van der Waals surface area contributed by atoms with Crippen molar-refractivity contribution in [3.63, 3.8) is 0 Å². The Balaban J connectivity index is 2.08. The maximum absolute atomic E-state index is 12.4. The van der Waals surface area contributed by atoms with Crippen molar-refractivity contribution in [2.45, 2.75) is 39.0 Å². The maximum Gasteiger partial charge on any atom is 0.307 e. The molecule has 118 valence electrons. The number of rotatable bonds is 3. The van der Waals surface area contributed by atoms with E-state index in [1.54, 1.807) is 0 Å². The third kappa shape index (κ3) is 3.75. The molecule has 0 unspecified atom stereocenters. The highest BCUT2D eigenvalue weighted by molar-refractivity contribution is 5.95. The average Bonchev–Trinajstić information content (AvgIpc) is 2.46. The normalized spacial score (nSPS) is 21.4. The van der Waals surface area contributed by atoms with Gasteiger partial charge in [-0.3, -0.25) is 9.59 Å². The quantitative estimate of drug-likeness (QED) is 0.838. The number of carboxylic acid groups (broad SMARTS) is 1. The van der Waals surface area contributed by atoms with E-state index in [0.717, 1.165) is 0 Å². The lowest BCUT2D eigenvalue weighted by Crippen LogP contribution is -2.34. The summed E-state index contributed by atoms with van der Waals surface area (Å²) in [5.41, 5.74) is 1.96. The number of anilines is 1. The number of benzene rings is 1. The van der Waals surface area contributed by atoms with Gasteiger partial charge >= 0.3 is 5.97 Å². The van der Waals surface area contributed by atoms with Crippen LogP contribution < -0.4 is 5.32 Å². The van der Waals surface area contributed by atoms with Crippen LogP contribution in [0.15, 0.2) is 36.4 Å². The van der Waals surface area contributed by atoms with E-state index in [-0.39, 0.29) is 11.3 Å². The Morgan fingerprint density at radius 2 is 1.59 bits per heavy atom. The molecular formula is C18H23NO3. The van der Waals surface area contributed by atoms with Crippen LogP contribution in [0.5, 0.6) is 0 Å². The van der Waals surface area contributed by atoms with Crippen LogP contribution in [0.2, 0.25) is 0 Å². The van der Waals surface area contributed by atoms with Crippen LogP contribution in [0.25, 0.3) is 0 Å². The fourth-order valence-corrected chi connectivity index (χ4v) is 2.67.